The lowest BCUT2D eigenvalue weighted by molar-refractivity contribution is 0.101. The van der Waals surface area contributed by atoms with Gasteiger partial charge in [0.1, 0.15) is 5.76 Å². The molecule has 2 heterocycles. The Labute approximate surface area is 147 Å². The van der Waals surface area contributed by atoms with Crippen LogP contribution in [-0.2, 0) is 12.8 Å². The van der Waals surface area contributed by atoms with Gasteiger partial charge in [0.05, 0.1) is 11.2 Å². The first kappa shape index (κ1) is 15.3. The van der Waals surface area contributed by atoms with Crippen LogP contribution in [0.2, 0.25) is 0 Å². The number of carbonyl (C=O) groups excluding carboxylic acids is 1. The molecule has 2 aromatic heterocycles. The van der Waals surface area contributed by atoms with Gasteiger partial charge in [-0.1, -0.05) is 34.1 Å². The fourth-order valence-electron chi connectivity index (χ4n) is 3.18. The van der Waals surface area contributed by atoms with Crippen molar-refractivity contribution in [3.8, 4) is 0 Å². The standard InChI is InChI=1S/C18H16BrN3O2/c1-10-4-7-15-12(9-10)17(22-24-15)18(23)21-14-6-5-13(19)11-3-2-8-20-16(11)14/h2-3,5-6,8,10H,4,7,9H2,1H3,(H,21,23)/t10-/m0/s1. The molecular weight excluding hydrogens is 370 g/mol. The van der Waals surface area contributed by atoms with Gasteiger partial charge in [0.15, 0.2) is 5.69 Å². The number of aromatic nitrogens is 2. The van der Waals surface area contributed by atoms with Crippen LogP contribution in [0.4, 0.5) is 5.69 Å². The van der Waals surface area contributed by atoms with Gasteiger partial charge in [-0.25, -0.2) is 0 Å². The van der Waals surface area contributed by atoms with E-state index in [4.69, 9.17) is 4.52 Å². The minimum absolute atomic E-state index is 0.247. The molecule has 0 saturated carbocycles. The van der Waals surface area contributed by atoms with Crippen molar-refractivity contribution in [2.45, 2.75) is 26.2 Å². The molecule has 1 aliphatic carbocycles. The van der Waals surface area contributed by atoms with Gasteiger partial charge < -0.3 is 9.84 Å². The Hall–Kier alpha value is -2.21. The quantitative estimate of drug-likeness (QED) is 0.711. The van der Waals surface area contributed by atoms with Crippen LogP contribution in [0.25, 0.3) is 10.9 Å². The van der Waals surface area contributed by atoms with Gasteiger partial charge in [0.25, 0.3) is 5.91 Å². The zero-order chi connectivity index (χ0) is 16.7. The van der Waals surface area contributed by atoms with Crippen LogP contribution in [0.1, 0.15) is 35.2 Å². The van der Waals surface area contributed by atoms with Gasteiger partial charge in [0.2, 0.25) is 0 Å². The minimum atomic E-state index is -0.247. The van der Waals surface area contributed by atoms with Crippen LogP contribution >= 0.6 is 15.9 Å². The first-order valence-electron chi connectivity index (χ1n) is 7.95. The molecule has 0 fully saturated rings. The normalized spacial score (nSPS) is 16.8. The lowest BCUT2D eigenvalue weighted by atomic mass is 9.88. The predicted octanol–water partition coefficient (Wildman–Crippen LogP) is 4.36. The summed E-state index contributed by atoms with van der Waals surface area (Å²) >= 11 is 3.51. The maximum atomic E-state index is 12.7. The van der Waals surface area contributed by atoms with Crippen molar-refractivity contribution in [3.63, 3.8) is 0 Å². The topological polar surface area (TPSA) is 68.0 Å². The average Bonchev–Trinajstić information content (AvgIpc) is 3.00. The zero-order valence-corrected chi connectivity index (χ0v) is 14.8. The summed E-state index contributed by atoms with van der Waals surface area (Å²) < 4.78 is 6.31. The van der Waals surface area contributed by atoms with Crippen molar-refractivity contribution in [2.75, 3.05) is 5.32 Å². The van der Waals surface area contributed by atoms with Gasteiger partial charge in [-0.15, -0.1) is 0 Å². The Balaban J connectivity index is 1.69. The van der Waals surface area contributed by atoms with Crippen LogP contribution in [0.5, 0.6) is 0 Å². The van der Waals surface area contributed by atoms with Crippen LogP contribution in [0.15, 0.2) is 39.5 Å². The molecule has 1 N–H and O–H groups in total. The van der Waals surface area contributed by atoms with E-state index in [1.807, 2.05) is 24.3 Å². The van der Waals surface area contributed by atoms with E-state index in [-0.39, 0.29) is 5.91 Å². The highest BCUT2D eigenvalue weighted by Gasteiger charge is 2.27. The summed E-state index contributed by atoms with van der Waals surface area (Å²) in [6.07, 6.45) is 4.47. The summed E-state index contributed by atoms with van der Waals surface area (Å²) in [5.41, 5.74) is 2.74. The number of anilines is 1. The molecule has 1 amide bonds. The van der Waals surface area contributed by atoms with Gasteiger partial charge in [0, 0.05) is 28.0 Å². The highest BCUT2D eigenvalue weighted by molar-refractivity contribution is 9.10. The third kappa shape index (κ3) is 2.60. The molecule has 0 aliphatic heterocycles. The maximum absolute atomic E-state index is 12.7. The van der Waals surface area contributed by atoms with E-state index in [1.165, 1.54) is 0 Å². The van der Waals surface area contributed by atoms with Gasteiger partial charge >= 0.3 is 0 Å². The molecule has 5 nitrogen and oxygen atoms in total. The van der Waals surface area contributed by atoms with E-state index in [0.717, 1.165) is 46.0 Å². The Morgan fingerprint density at radius 3 is 3.12 bits per heavy atom. The second-order valence-electron chi connectivity index (χ2n) is 6.23. The molecule has 0 radical (unpaired) electrons. The Bertz CT molecular complexity index is 935. The Morgan fingerprint density at radius 1 is 1.38 bits per heavy atom. The van der Waals surface area contributed by atoms with E-state index in [0.29, 0.717) is 17.3 Å². The second-order valence-corrected chi connectivity index (χ2v) is 7.08. The van der Waals surface area contributed by atoms with Crippen LogP contribution < -0.4 is 5.32 Å². The summed E-state index contributed by atoms with van der Waals surface area (Å²) in [5, 5.41) is 7.89. The van der Waals surface area contributed by atoms with E-state index in [1.54, 1.807) is 6.20 Å². The molecule has 1 aliphatic rings. The van der Waals surface area contributed by atoms with E-state index < -0.39 is 0 Å². The monoisotopic (exact) mass is 385 g/mol. The van der Waals surface area contributed by atoms with Crippen molar-refractivity contribution in [1.82, 2.24) is 10.1 Å². The molecule has 1 aromatic carbocycles. The van der Waals surface area contributed by atoms with E-state index >= 15 is 0 Å². The molecule has 0 unspecified atom stereocenters. The van der Waals surface area contributed by atoms with Gasteiger partial charge in [-0.05, 0) is 37.0 Å². The molecule has 0 spiro atoms. The zero-order valence-electron chi connectivity index (χ0n) is 13.2. The molecule has 6 heteroatoms. The number of hydrogen-bond donors (Lipinski definition) is 1. The van der Waals surface area contributed by atoms with E-state index in [2.05, 4.69) is 38.3 Å². The second kappa shape index (κ2) is 6.02. The molecule has 3 aromatic rings. The van der Waals surface area contributed by atoms with Gasteiger partial charge in [-0.2, -0.15) is 0 Å². The number of carbonyl (C=O) groups is 1. The predicted molar refractivity (Wildman–Crippen MR) is 95.1 cm³/mol. The number of hydrogen-bond acceptors (Lipinski definition) is 4. The maximum Gasteiger partial charge on any atom is 0.278 e. The fourth-order valence-corrected chi connectivity index (χ4v) is 3.63. The summed E-state index contributed by atoms with van der Waals surface area (Å²) in [5.74, 6) is 1.14. The van der Waals surface area contributed by atoms with Crippen LogP contribution in [0.3, 0.4) is 0 Å². The van der Waals surface area contributed by atoms with Crippen LogP contribution in [0, 0.1) is 5.92 Å². The largest absolute Gasteiger partial charge is 0.360 e. The highest BCUT2D eigenvalue weighted by Crippen LogP contribution is 2.30. The number of halogens is 1. The third-order valence-electron chi connectivity index (χ3n) is 4.47. The first-order valence-corrected chi connectivity index (χ1v) is 8.75. The Kier molecular flexibility index (Phi) is 3.84. The average molecular weight is 386 g/mol. The summed E-state index contributed by atoms with van der Waals surface area (Å²) in [6.45, 7) is 2.18. The SMILES string of the molecule is C[C@H]1CCc2onc(C(=O)Nc3ccc(Br)c4cccnc34)c2C1. The number of fused-ring (bicyclic) bond motifs is 2. The molecule has 1 atom stereocenters. The fraction of sp³-hybridized carbons (Fsp3) is 0.278. The number of rotatable bonds is 2. The summed E-state index contributed by atoms with van der Waals surface area (Å²) in [7, 11) is 0. The molecule has 24 heavy (non-hydrogen) atoms. The van der Waals surface area contributed by atoms with Crippen LogP contribution in [-0.4, -0.2) is 16.0 Å². The molecule has 4 rings (SSSR count). The van der Waals surface area contributed by atoms with Crippen molar-refractivity contribution >= 4 is 38.4 Å². The molecule has 0 saturated heterocycles. The number of amides is 1. The third-order valence-corrected chi connectivity index (χ3v) is 5.16. The van der Waals surface area contributed by atoms with Crippen molar-refractivity contribution in [2.24, 2.45) is 5.92 Å². The molecular formula is C18H16BrN3O2. The Morgan fingerprint density at radius 2 is 2.25 bits per heavy atom. The molecule has 122 valence electrons. The number of benzene rings is 1. The lowest BCUT2D eigenvalue weighted by Gasteiger charge is -2.16. The molecule has 0 bridgehead atoms. The lowest BCUT2D eigenvalue weighted by Crippen LogP contribution is -2.18. The highest BCUT2D eigenvalue weighted by atomic mass is 79.9. The van der Waals surface area contributed by atoms with Gasteiger partial charge in [-0.3, -0.25) is 9.78 Å². The first-order chi connectivity index (χ1) is 11.6. The van der Waals surface area contributed by atoms with Crippen molar-refractivity contribution in [1.29, 1.82) is 0 Å². The van der Waals surface area contributed by atoms with E-state index in [9.17, 15) is 4.79 Å². The summed E-state index contributed by atoms with van der Waals surface area (Å²) in [4.78, 5) is 17.1. The number of aryl methyl sites for hydroxylation is 1. The number of nitrogens with one attached hydrogen (secondary N) is 1. The smallest absolute Gasteiger partial charge is 0.278 e. The van der Waals surface area contributed by atoms with Crippen molar-refractivity contribution in [3.05, 3.63) is 52.0 Å². The van der Waals surface area contributed by atoms with Crippen molar-refractivity contribution < 1.29 is 9.32 Å². The number of nitrogens with zero attached hydrogens (tertiary/aromatic N) is 2. The summed E-state index contributed by atoms with van der Waals surface area (Å²) in [6, 6.07) is 7.57. The number of pyridine rings is 1. The minimum Gasteiger partial charge on any atom is -0.360 e.